The van der Waals surface area contributed by atoms with Crippen LogP contribution in [0.25, 0.3) is 10.9 Å². The average Bonchev–Trinajstić information content (AvgIpc) is 3.06. The minimum atomic E-state index is -0.823. The minimum absolute atomic E-state index is 0.421. The maximum atomic E-state index is 12.3. The smallest absolute Gasteiger partial charge is 0.279 e. The molecule has 0 aliphatic heterocycles. The van der Waals surface area contributed by atoms with Crippen LogP contribution in [0, 0.1) is 0 Å². The first kappa shape index (κ1) is 18.3. The monoisotopic (exact) mass is 435 g/mol. The number of ether oxygens (including phenoxy) is 1. The predicted octanol–water partition coefficient (Wildman–Crippen LogP) is 3.81. The van der Waals surface area contributed by atoms with Crippen LogP contribution in [-0.2, 0) is 4.79 Å². The highest BCUT2D eigenvalue weighted by Crippen LogP contribution is 2.28. The van der Waals surface area contributed by atoms with Crippen molar-refractivity contribution in [1.29, 1.82) is 0 Å². The van der Waals surface area contributed by atoms with E-state index in [9.17, 15) is 9.59 Å². The third kappa shape index (κ3) is 4.00. The van der Waals surface area contributed by atoms with Gasteiger partial charge in [0, 0.05) is 22.1 Å². The number of hydrazine groups is 1. The van der Waals surface area contributed by atoms with Crippen molar-refractivity contribution in [2.75, 3.05) is 0 Å². The van der Waals surface area contributed by atoms with E-state index in [4.69, 9.17) is 16.3 Å². The Bertz CT molecular complexity index is 973. The van der Waals surface area contributed by atoms with Crippen LogP contribution in [0.3, 0.4) is 0 Å². The van der Waals surface area contributed by atoms with Gasteiger partial charge < -0.3 is 9.72 Å². The van der Waals surface area contributed by atoms with Gasteiger partial charge in [0.2, 0.25) is 0 Å². The van der Waals surface area contributed by atoms with Crippen molar-refractivity contribution in [3.8, 4) is 5.75 Å². The molecule has 3 N–H and O–H groups in total. The van der Waals surface area contributed by atoms with Crippen molar-refractivity contribution < 1.29 is 14.3 Å². The quantitative estimate of drug-likeness (QED) is 0.544. The fourth-order valence-electron chi connectivity index (χ4n) is 2.36. The molecule has 8 heteroatoms. The first-order valence-corrected chi connectivity index (χ1v) is 8.91. The van der Waals surface area contributed by atoms with Gasteiger partial charge in [0.05, 0.1) is 10.0 Å². The van der Waals surface area contributed by atoms with Crippen LogP contribution >= 0.6 is 27.5 Å². The number of carbonyl (C=O) groups excluding carboxylic acids is 2. The van der Waals surface area contributed by atoms with E-state index >= 15 is 0 Å². The third-order valence-corrected chi connectivity index (χ3v) is 4.55. The van der Waals surface area contributed by atoms with Gasteiger partial charge in [-0.25, -0.2) is 0 Å². The zero-order chi connectivity index (χ0) is 18.7. The molecule has 1 atom stereocenters. The third-order valence-electron chi connectivity index (χ3n) is 3.70. The zero-order valence-corrected chi connectivity index (χ0v) is 16.0. The molecule has 134 valence electrons. The second kappa shape index (κ2) is 7.80. The molecule has 6 nitrogen and oxygen atoms in total. The standard InChI is InChI=1S/C18H15BrClN3O3/c1-10(26-16-7-6-11(20)8-14(16)19)17(24)22-23-18(25)13-9-21-15-5-3-2-4-12(13)15/h2-10,21H,1H3,(H,22,24)(H,23,25). The molecule has 3 aromatic rings. The van der Waals surface area contributed by atoms with Gasteiger partial charge in [-0.2, -0.15) is 0 Å². The number of benzene rings is 2. The Morgan fingerprint density at radius 1 is 1.19 bits per heavy atom. The summed E-state index contributed by atoms with van der Waals surface area (Å²) in [5.41, 5.74) is 6.04. The topological polar surface area (TPSA) is 83.2 Å². The summed E-state index contributed by atoms with van der Waals surface area (Å²) in [6.07, 6.45) is 0.771. The number of amides is 2. The molecular weight excluding hydrogens is 422 g/mol. The summed E-state index contributed by atoms with van der Waals surface area (Å²) in [5, 5.41) is 1.32. The molecule has 0 bridgehead atoms. The molecule has 0 aliphatic carbocycles. The molecule has 2 amide bonds. The zero-order valence-electron chi connectivity index (χ0n) is 13.7. The number of hydrogen-bond acceptors (Lipinski definition) is 3. The van der Waals surface area contributed by atoms with E-state index in [1.807, 2.05) is 24.3 Å². The molecule has 2 aromatic carbocycles. The van der Waals surface area contributed by atoms with Gasteiger partial charge in [-0.15, -0.1) is 0 Å². The van der Waals surface area contributed by atoms with Gasteiger partial charge in [0.25, 0.3) is 11.8 Å². The number of aromatic nitrogens is 1. The Morgan fingerprint density at radius 2 is 1.96 bits per heavy atom. The molecule has 0 saturated heterocycles. The summed E-state index contributed by atoms with van der Waals surface area (Å²) in [7, 11) is 0. The van der Waals surface area contributed by atoms with E-state index in [0.29, 0.717) is 20.8 Å². The highest BCUT2D eigenvalue weighted by Gasteiger charge is 2.18. The fraction of sp³-hybridized carbons (Fsp3) is 0.111. The van der Waals surface area contributed by atoms with E-state index in [1.165, 1.54) is 0 Å². The van der Waals surface area contributed by atoms with Crippen molar-refractivity contribution in [1.82, 2.24) is 15.8 Å². The number of nitrogens with one attached hydrogen (secondary N) is 3. The van der Waals surface area contributed by atoms with E-state index in [2.05, 4.69) is 31.8 Å². The Morgan fingerprint density at radius 3 is 2.73 bits per heavy atom. The first-order chi connectivity index (χ1) is 12.5. The number of halogens is 2. The maximum absolute atomic E-state index is 12.3. The number of para-hydroxylation sites is 1. The molecule has 3 rings (SSSR count). The van der Waals surface area contributed by atoms with Crippen LogP contribution in [-0.4, -0.2) is 22.9 Å². The Labute approximate surface area is 163 Å². The molecule has 0 aliphatic rings. The molecule has 0 spiro atoms. The number of fused-ring (bicyclic) bond motifs is 1. The lowest BCUT2D eigenvalue weighted by Gasteiger charge is -2.16. The van der Waals surface area contributed by atoms with Crippen LogP contribution in [0.1, 0.15) is 17.3 Å². The summed E-state index contributed by atoms with van der Waals surface area (Å²) in [6, 6.07) is 12.4. The van der Waals surface area contributed by atoms with Crippen molar-refractivity contribution in [2.24, 2.45) is 0 Å². The SMILES string of the molecule is CC(Oc1ccc(Cl)cc1Br)C(=O)NNC(=O)c1c[nH]c2ccccc12. The number of H-pyrrole nitrogens is 1. The Hall–Kier alpha value is -2.51. The number of aromatic amines is 1. The van der Waals surface area contributed by atoms with Gasteiger partial charge in [-0.1, -0.05) is 29.8 Å². The molecule has 1 unspecified atom stereocenters. The van der Waals surface area contributed by atoms with Crippen molar-refractivity contribution in [3.63, 3.8) is 0 Å². The van der Waals surface area contributed by atoms with Crippen molar-refractivity contribution >= 4 is 50.2 Å². The van der Waals surface area contributed by atoms with Crippen LogP contribution in [0.15, 0.2) is 53.1 Å². The summed E-state index contributed by atoms with van der Waals surface area (Å²) in [6.45, 7) is 1.58. The van der Waals surface area contributed by atoms with E-state index < -0.39 is 17.9 Å². The van der Waals surface area contributed by atoms with Crippen LogP contribution in [0.2, 0.25) is 5.02 Å². The van der Waals surface area contributed by atoms with Gasteiger partial charge >= 0.3 is 0 Å². The lowest BCUT2D eigenvalue weighted by Crippen LogP contribution is -2.47. The molecule has 1 aromatic heterocycles. The summed E-state index contributed by atoms with van der Waals surface area (Å²) in [4.78, 5) is 27.5. The second-order valence-electron chi connectivity index (χ2n) is 5.53. The highest BCUT2D eigenvalue weighted by atomic mass is 79.9. The predicted molar refractivity (Wildman–Crippen MR) is 103 cm³/mol. The Balaban J connectivity index is 1.60. The van der Waals surface area contributed by atoms with Crippen molar-refractivity contribution in [2.45, 2.75) is 13.0 Å². The number of hydrogen-bond donors (Lipinski definition) is 3. The van der Waals surface area contributed by atoms with Crippen LogP contribution in [0.4, 0.5) is 0 Å². The van der Waals surface area contributed by atoms with Gasteiger partial charge in [-0.05, 0) is 47.1 Å². The first-order valence-electron chi connectivity index (χ1n) is 7.73. The van der Waals surface area contributed by atoms with Gasteiger partial charge in [-0.3, -0.25) is 20.4 Å². The fourth-order valence-corrected chi connectivity index (χ4v) is 3.14. The Kier molecular flexibility index (Phi) is 5.49. The summed E-state index contributed by atoms with van der Waals surface area (Å²) < 4.78 is 6.21. The number of carbonyl (C=O) groups is 2. The minimum Gasteiger partial charge on any atom is -0.480 e. The summed E-state index contributed by atoms with van der Waals surface area (Å²) in [5.74, 6) is -0.435. The lowest BCUT2D eigenvalue weighted by atomic mass is 10.2. The normalized spacial score (nSPS) is 11.8. The molecule has 0 radical (unpaired) electrons. The number of rotatable bonds is 4. The van der Waals surface area contributed by atoms with E-state index in [-0.39, 0.29) is 0 Å². The molecule has 0 saturated carbocycles. The largest absolute Gasteiger partial charge is 0.480 e. The molecule has 26 heavy (non-hydrogen) atoms. The molecule has 0 fully saturated rings. The van der Waals surface area contributed by atoms with Crippen molar-refractivity contribution in [3.05, 3.63) is 63.7 Å². The molecule has 1 heterocycles. The molecular formula is C18H15BrClN3O3. The van der Waals surface area contributed by atoms with Gasteiger partial charge in [0.1, 0.15) is 5.75 Å². The van der Waals surface area contributed by atoms with E-state index in [0.717, 1.165) is 10.9 Å². The lowest BCUT2D eigenvalue weighted by molar-refractivity contribution is -0.128. The highest BCUT2D eigenvalue weighted by molar-refractivity contribution is 9.10. The average molecular weight is 437 g/mol. The second-order valence-corrected chi connectivity index (χ2v) is 6.82. The summed E-state index contributed by atoms with van der Waals surface area (Å²) >= 11 is 9.20. The van der Waals surface area contributed by atoms with Gasteiger partial charge in [0.15, 0.2) is 6.10 Å². The van der Waals surface area contributed by atoms with Crippen LogP contribution < -0.4 is 15.6 Å². The van der Waals surface area contributed by atoms with Crippen LogP contribution in [0.5, 0.6) is 5.75 Å². The van der Waals surface area contributed by atoms with E-state index in [1.54, 1.807) is 31.3 Å². The maximum Gasteiger partial charge on any atom is 0.279 e.